The van der Waals surface area contributed by atoms with E-state index < -0.39 is 5.60 Å². The Morgan fingerprint density at radius 3 is 1.53 bits per heavy atom. The molecule has 4 aliphatic rings. The molecule has 4 rings (SSSR count). The number of hydrogen-bond acceptors (Lipinski definition) is 7. The van der Waals surface area contributed by atoms with Gasteiger partial charge in [-0.3, -0.25) is 9.80 Å². The van der Waals surface area contributed by atoms with E-state index in [1.54, 1.807) is 0 Å². The monoisotopic (exact) mass is 502 g/mol. The summed E-state index contributed by atoms with van der Waals surface area (Å²) in [5.41, 5.74) is -0.397. The fraction of sp³-hybridized carbons (Fsp3) is 0.960. The van der Waals surface area contributed by atoms with E-state index >= 15 is 0 Å². The average Bonchev–Trinajstić information content (AvgIpc) is 2.80. The van der Waals surface area contributed by atoms with Crippen LogP contribution in [0.3, 0.4) is 0 Å². The lowest BCUT2D eigenvalue weighted by molar-refractivity contribution is 0.0110. The van der Waals surface area contributed by atoms with Gasteiger partial charge in [0.05, 0.1) is 0 Å². The Bertz CT molecular complexity index is 574. The van der Waals surface area contributed by atoms with Crippen molar-refractivity contribution in [3.63, 3.8) is 0 Å². The minimum atomic E-state index is -0.397. The molecule has 4 saturated heterocycles. The second kappa shape index (κ2) is 14.2. The van der Waals surface area contributed by atoms with Crippen molar-refractivity contribution in [1.82, 2.24) is 29.8 Å². The van der Waals surface area contributed by atoms with Crippen LogP contribution in [0.4, 0.5) is 4.79 Å². The number of halogens is 1. The van der Waals surface area contributed by atoms with E-state index in [9.17, 15) is 4.79 Å². The van der Waals surface area contributed by atoms with Gasteiger partial charge in [0.2, 0.25) is 0 Å². The van der Waals surface area contributed by atoms with E-state index in [4.69, 9.17) is 4.74 Å². The number of likely N-dealkylation sites (tertiary alicyclic amines) is 1. The molecule has 4 heterocycles. The van der Waals surface area contributed by atoms with Crippen LogP contribution >= 0.6 is 12.4 Å². The standard InChI is InChI=1S/C15H29N3O2.C10H21N3.ClH/c1-15(2,3)20-14(19)18-7-5-13(6-8-18)17-11-9-16(4)10-12-17;1-12-6-8-13(9-7-12)10-2-4-11-5-3-10;/h13H,5-12H2,1-4H3;10-11H,2-9H2,1H3;1H. The van der Waals surface area contributed by atoms with Crippen molar-refractivity contribution in [1.29, 1.82) is 0 Å². The molecule has 9 heteroatoms. The number of carbonyl (C=O) groups is 1. The fourth-order valence-electron chi connectivity index (χ4n) is 5.29. The maximum atomic E-state index is 12.0. The van der Waals surface area contributed by atoms with Crippen LogP contribution in [-0.4, -0.2) is 141 Å². The third-order valence-corrected chi connectivity index (χ3v) is 7.53. The SMILES string of the molecule is CN1CCN(C2CCN(C(=O)OC(C)(C)C)CC2)CC1.CN1CCN(C2CCNCC2)CC1.Cl. The third-order valence-electron chi connectivity index (χ3n) is 7.53. The maximum absolute atomic E-state index is 12.0. The van der Waals surface area contributed by atoms with Crippen LogP contribution in [0.2, 0.25) is 0 Å². The maximum Gasteiger partial charge on any atom is 0.410 e. The molecule has 4 aliphatic heterocycles. The second-order valence-corrected chi connectivity index (χ2v) is 11.4. The molecule has 0 saturated carbocycles. The molecular weight excluding hydrogens is 452 g/mol. The van der Waals surface area contributed by atoms with Crippen molar-refractivity contribution >= 4 is 18.5 Å². The largest absolute Gasteiger partial charge is 0.444 e. The molecule has 1 amide bonds. The first-order valence-electron chi connectivity index (χ1n) is 13.2. The van der Waals surface area contributed by atoms with E-state index in [2.05, 4.69) is 39.0 Å². The van der Waals surface area contributed by atoms with Crippen molar-refractivity contribution in [3.05, 3.63) is 0 Å². The Kier molecular flexibility index (Phi) is 12.3. The van der Waals surface area contributed by atoms with E-state index in [1.807, 2.05) is 25.7 Å². The quantitative estimate of drug-likeness (QED) is 0.620. The van der Waals surface area contributed by atoms with Gasteiger partial charge in [-0.15, -0.1) is 12.4 Å². The zero-order valence-electron chi connectivity index (χ0n) is 22.4. The number of hydrogen-bond donors (Lipinski definition) is 1. The summed E-state index contributed by atoms with van der Waals surface area (Å²) in [7, 11) is 4.40. The van der Waals surface area contributed by atoms with E-state index in [0.717, 1.165) is 58.2 Å². The van der Waals surface area contributed by atoms with Gasteiger partial charge in [0.1, 0.15) is 5.60 Å². The number of carbonyl (C=O) groups excluding carboxylic acids is 1. The van der Waals surface area contributed by atoms with Crippen molar-refractivity contribution in [3.8, 4) is 0 Å². The highest BCUT2D eigenvalue weighted by atomic mass is 35.5. The first-order chi connectivity index (χ1) is 15.7. The summed E-state index contributed by atoms with van der Waals surface area (Å²) >= 11 is 0. The number of rotatable bonds is 2. The Morgan fingerprint density at radius 2 is 1.12 bits per heavy atom. The number of amides is 1. The number of nitrogens with one attached hydrogen (secondary N) is 1. The molecule has 200 valence electrons. The van der Waals surface area contributed by atoms with Crippen LogP contribution in [0.1, 0.15) is 46.5 Å². The molecule has 1 N–H and O–H groups in total. The van der Waals surface area contributed by atoms with Crippen LogP contribution in [0.5, 0.6) is 0 Å². The zero-order valence-corrected chi connectivity index (χ0v) is 23.2. The van der Waals surface area contributed by atoms with Crippen LogP contribution in [0.15, 0.2) is 0 Å². The molecular formula is C25H51ClN6O2. The Labute approximate surface area is 214 Å². The number of likely N-dealkylation sites (N-methyl/N-ethyl adjacent to an activating group) is 2. The number of nitrogens with zero attached hydrogens (tertiary/aromatic N) is 5. The lowest BCUT2D eigenvalue weighted by Gasteiger charge is -2.42. The summed E-state index contributed by atoms with van der Waals surface area (Å²) in [5.74, 6) is 0. The second-order valence-electron chi connectivity index (χ2n) is 11.4. The molecule has 0 spiro atoms. The summed E-state index contributed by atoms with van der Waals surface area (Å²) in [6.45, 7) is 19.5. The Morgan fingerprint density at radius 1 is 0.706 bits per heavy atom. The summed E-state index contributed by atoms with van der Waals surface area (Å²) in [6.07, 6.45) is 4.69. The predicted molar refractivity (Wildman–Crippen MR) is 142 cm³/mol. The lowest BCUT2D eigenvalue weighted by Crippen LogP contribution is -2.53. The summed E-state index contributed by atoms with van der Waals surface area (Å²) < 4.78 is 5.44. The van der Waals surface area contributed by atoms with Crippen molar-refractivity contribution in [2.24, 2.45) is 0 Å². The summed E-state index contributed by atoms with van der Waals surface area (Å²) in [6, 6.07) is 1.51. The first kappa shape index (κ1) is 29.6. The average molecular weight is 503 g/mol. The highest BCUT2D eigenvalue weighted by Gasteiger charge is 2.30. The van der Waals surface area contributed by atoms with Gasteiger partial charge in [0, 0.05) is 77.5 Å². The van der Waals surface area contributed by atoms with Gasteiger partial charge in [-0.1, -0.05) is 0 Å². The highest BCUT2D eigenvalue weighted by Crippen LogP contribution is 2.20. The van der Waals surface area contributed by atoms with Gasteiger partial charge in [-0.2, -0.15) is 0 Å². The van der Waals surface area contributed by atoms with Gasteiger partial charge >= 0.3 is 6.09 Å². The molecule has 8 nitrogen and oxygen atoms in total. The zero-order chi connectivity index (χ0) is 23.8. The first-order valence-corrected chi connectivity index (χ1v) is 13.2. The van der Waals surface area contributed by atoms with Crippen molar-refractivity contribution in [2.75, 3.05) is 92.6 Å². The molecule has 0 aromatic heterocycles. The molecule has 0 aromatic rings. The highest BCUT2D eigenvalue weighted by molar-refractivity contribution is 5.85. The molecule has 0 bridgehead atoms. The summed E-state index contributed by atoms with van der Waals surface area (Å²) in [4.78, 5) is 24.0. The van der Waals surface area contributed by atoms with Crippen LogP contribution in [0, 0.1) is 0 Å². The van der Waals surface area contributed by atoms with Crippen molar-refractivity contribution in [2.45, 2.75) is 64.1 Å². The third kappa shape index (κ3) is 9.78. The summed E-state index contributed by atoms with van der Waals surface area (Å²) in [5, 5.41) is 3.43. The smallest absolute Gasteiger partial charge is 0.410 e. The molecule has 0 aromatic carbocycles. The van der Waals surface area contributed by atoms with E-state index in [-0.39, 0.29) is 18.5 Å². The fourth-order valence-corrected chi connectivity index (χ4v) is 5.29. The Balaban J connectivity index is 0.000000253. The molecule has 0 unspecified atom stereocenters. The predicted octanol–water partition coefficient (Wildman–Crippen LogP) is 2.04. The van der Waals surface area contributed by atoms with Gasteiger partial charge in [0.15, 0.2) is 0 Å². The van der Waals surface area contributed by atoms with E-state index in [0.29, 0.717) is 6.04 Å². The molecule has 0 aliphatic carbocycles. The van der Waals surface area contributed by atoms with Gasteiger partial charge < -0.3 is 24.8 Å². The van der Waals surface area contributed by atoms with Crippen LogP contribution in [-0.2, 0) is 4.74 Å². The topological polar surface area (TPSA) is 54.5 Å². The molecule has 0 radical (unpaired) electrons. The molecule has 0 atom stereocenters. The number of ether oxygens (including phenoxy) is 1. The van der Waals surface area contributed by atoms with Crippen LogP contribution in [0.25, 0.3) is 0 Å². The van der Waals surface area contributed by atoms with Gasteiger partial charge in [0.25, 0.3) is 0 Å². The normalized spacial score (nSPS) is 25.3. The minimum Gasteiger partial charge on any atom is -0.444 e. The van der Waals surface area contributed by atoms with Gasteiger partial charge in [-0.25, -0.2) is 4.79 Å². The lowest BCUT2D eigenvalue weighted by atomic mass is 10.0. The molecule has 4 fully saturated rings. The van der Waals surface area contributed by atoms with E-state index in [1.165, 1.54) is 52.1 Å². The Hall–Kier alpha value is -0.640. The van der Waals surface area contributed by atoms with Crippen LogP contribution < -0.4 is 5.32 Å². The van der Waals surface area contributed by atoms with Crippen molar-refractivity contribution < 1.29 is 9.53 Å². The number of piperidine rings is 2. The minimum absolute atomic E-state index is 0. The molecule has 34 heavy (non-hydrogen) atoms. The number of piperazine rings is 2. The van der Waals surface area contributed by atoms with Gasteiger partial charge in [-0.05, 0) is 73.6 Å².